The van der Waals surface area contributed by atoms with Gasteiger partial charge < -0.3 is 90.8 Å². The second-order valence-corrected chi connectivity index (χ2v) is 43.7. The fraction of sp³-hybridized carbons (Fsp3) is 0.402. The van der Waals surface area contributed by atoms with E-state index in [-0.39, 0.29) is 185 Å². The Hall–Kier alpha value is -13.3. The number of rotatable bonds is 41. The molecular weight excluding hydrogens is 2040 g/mol. The molecule has 10 bridgehead atoms. The molecule has 25 rings (SSSR count). The van der Waals surface area contributed by atoms with E-state index in [9.17, 15) is 65.5 Å². The van der Waals surface area contributed by atoms with E-state index in [4.69, 9.17) is 95.7 Å². The summed E-state index contributed by atoms with van der Waals surface area (Å²) in [7, 11) is 3.16. The van der Waals surface area contributed by atoms with E-state index in [2.05, 4.69) is 120 Å². The summed E-state index contributed by atoms with van der Waals surface area (Å²) in [5.41, 5.74) is 6.03. The van der Waals surface area contributed by atoms with Crippen molar-refractivity contribution < 1.29 is 103 Å². The first kappa shape index (κ1) is 109. The second-order valence-electron chi connectivity index (χ2n) is 41.7. The number of nitrogens with zero attached hydrogens (tertiary/aromatic N) is 1. The van der Waals surface area contributed by atoms with Crippen LogP contribution in [0.1, 0.15) is 166 Å². The fourth-order valence-corrected chi connectivity index (χ4v) is 22.9. The summed E-state index contributed by atoms with van der Waals surface area (Å²) in [5, 5.41) is 34.2. The summed E-state index contributed by atoms with van der Waals surface area (Å²) in [6.45, 7) is 9.50. The largest absolute Gasteiger partial charge is 0.497 e. The van der Waals surface area contributed by atoms with Crippen molar-refractivity contribution in [3.63, 3.8) is 0 Å². The molecule has 0 spiro atoms. The minimum atomic E-state index is -0.608. The van der Waals surface area contributed by atoms with Gasteiger partial charge in [0.15, 0.2) is 33.0 Å². The summed E-state index contributed by atoms with van der Waals surface area (Å²) < 4.78 is 95.9. The van der Waals surface area contributed by atoms with Crippen LogP contribution in [-0.2, 0) is 87.0 Å². The lowest BCUT2D eigenvalue weighted by Gasteiger charge is -2.69. The van der Waals surface area contributed by atoms with Crippen LogP contribution in [0.4, 0.5) is 17.6 Å². The lowest BCUT2D eigenvalue weighted by atomic mass is 9.39. The highest BCUT2D eigenvalue weighted by Gasteiger charge is 2.76. The molecule has 10 N–H and O–H groups in total. The normalized spacial score (nSPS) is 23.7. The predicted octanol–water partition coefficient (Wildman–Crippen LogP) is 17.2. The van der Waals surface area contributed by atoms with Gasteiger partial charge in [0.2, 0.25) is 29.5 Å². The number of carbonyl (C=O) groups is 10. The van der Waals surface area contributed by atoms with Gasteiger partial charge in [-0.05, 0) is 249 Å². The second kappa shape index (κ2) is 45.8. The highest BCUT2D eigenvalue weighted by molar-refractivity contribution is 6.32. The topological polar surface area (TPSA) is 382 Å². The predicted molar refractivity (Wildman–Crippen MR) is 553 cm³/mol. The Labute approximate surface area is 890 Å². The molecule has 29 nitrogen and oxygen atoms in total. The molecule has 15 saturated carbocycles. The molecule has 15 aliphatic rings. The first-order valence-corrected chi connectivity index (χ1v) is 51.4. The van der Waals surface area contributed by atoms with Gasteiger partial charge in [-0.3, -0.25) is 47.9 Å². The summed E-state index contributed by atoms with van der Waals surface area (Å²) in [4.78, 5) is 124. The molecule has 0 unspecified atom stereocenters. The number of hydrogen-bond acceptors (Lipinski definition) is 19. The third kappa shape index (κ3) is 25.7. The van der Waals surface area contributed by atoms with E-state index in [1.807, 2.05) is 45.0 Å². The quantitative estimate of drug-likeness (QED) is 0.0159. The Morgan fingerprint density at radius 1 is 0.333 bits per heavy atom. The summed E-state index contributed by atoms with van der Waals surface area (Å²) in [6, 6.07) is 53.2. The number of unbranched alkanes of at least 4 members (excludes halogenated alkanes) is 1. The minimum Gasteiger partial charge on any atom is -0.497 e. The summed E-state index contributed by atoms with van der Waals surface area (Å²) >= 11 is 28.5. The average molecular weight is 2160 g/mol. The van der Waals surface area contributed by atoms with Gasteiger partial charge >= 0.3 is 0 Å². The number of methoxy groups -OCH3 is 2. The van der Waals surface area contributed by atoms with Crippen molar-refractivity contribution in [3.8, 4) is 40.2 Å². The van der Waals surface area contributed by atoms with Crippen LogP contribution in [0.2, 0.25) is 25.1 Å². The summed E-state index contributed by atoms with van der Waals surface area (Å²) in [5.74, 6) is -0.664. The van der Waals surface area contributed by atoms with E-state index in [1.54, 1.807) is 50.6 Å². The fourth-order valence-electron chi connectivity index (χ4n) is 22.3. The minimum absolute atomic E-state index is 0.00152. The molecule has 0 radical (unpaired) electrons. The van der Waals surface area contributed by atoms with E-state index in [0.29, 0.717) is 157 Å². The maximum absolute atomic E-state index is 13.5. The maximum Gasteiger partial charge on any atom is 0.258 e. The van der Waals surface area contributed by atoms with Crippen LogP contribution in [0.25, 0.3) is 0 Å². The van der Waals surface area contributed by atoms with Crippen molar-refractivity contribution >= 4 is 117 Å². The lowest BCUT2D eigenvalue weighted by Crippen LogP contribution is -2.78. The van der Waals surface area contributed by atoms with Crippen LogP contribution in [0, 0.1) is 71.1 Å². The smallest absolute Gasteiger partial charge is 0.258 e. The van der Waals surface area contributed by atoms with Gasteiger partial charge in [0.25, 0.3) is 29.5 Å². The van der Waals surface area contributed by atoms with E-state index < -0.39 is 28.7 Å². The number of nitrogens with one attached hydrogen (secondary N) is 10. The molecule has 10 amide bonds. The Kier molecular flexibility index (Phi) is 33.4. The highest BCUT2D eigenvalue weighted by Crippen LogP contribution is 2.71. The van der Waals surface area contributed by atoms with Gasteiger partial charge in [-0.25, -0.2) is 17.6 Å². The third-order valence-corrected chi connectivity index (χ3v) is 31.3. The maximum atomic E-state index is 13.5. The molecule has 0 atom stereocenters. The monoisotopic (exact) mass is 2160 g/mol. The van der Waals surface area contributed by atoms with E-state index in [1.165, 1.54) is 84.3 Å². The standard InChI is InChI=1S/C25H28ClFN2O3.C23H24ClFN2O5.C23H24ClFN2O3.C22H22ClFN2O3.C19H20ClN3O4/c1-2-3-4-17-5-7-18(8-6-17)12-28-23(31)24-14-25(15-24,16-24)29-22(30)13-32-19-9-10-20(26)21(27)11-19;1-30-15-4-6-19(31-2)14(7-15)9-26-21(29)22-11-23(12-22,13-22)27-20(28)10-32-16-3-5-17(24)18(25)8-16;1-15-2-4-16(5-3-15)8-9-26-21(29)22-12-23(13-22,14-22)27-20(28)11-30-17-6-7-18(24)19(25)10-17;1-14-3-2-4-15(7-14)9-25-20(28)21-11-22(12-21,13-21)26-19(27)10-29-16-5-6-17(23)18(24)8-16;1-12-6-14(2-3-15(12)20)26-8-16(24)22-19-9-18(10-19,11-19)17(25)21-7-13-4-5-27-23-13/h5-11H,2-4,12-16H2,1H3,(H,28,31)(H,29,30);3-8H,9-13H2,1-2H3,(H,26,29)(H,27,28);2-7,10H,8-9,11-14H2,1H3,(H,26,29)(H,27,28);2-8H,9-13H2,1H3,(H,25,28)(H,26,27);2-6H,7-11H2,1H3,(H,21,25)(H,22,24). The first-order valence-electron chi connectivity index (χ1n) is 49.6. The molecule has 150 heavy (non-hydrogen) atoms. The summed E-state index contributed by atoms with van der Waals surface area (Å²) in [6.07, 6.45) is 15.3. The molecule has 38 heteroatoms. The molecule has 1 aromatic heterocycles. The molecule has 10 aromatic rings. The van der Waals surface area contributed by atoms with Crippen molar-refractivity contribution in [1.29, 1.82) is 0 Å². The van der Waals surface area contributed by atoms with Gasteiger partial charge in [0.1, 0.15) is 75.5 Å². The SMILES string of the molecule is CCCCc1ccc(CNC(=O)C23CC(NC(=O)COc4ccc(Cl)c(F)c4)(C2)C3)cc1.COc1ccc(OC)c(CNC(=O)C23CC(NC(=O)COc4ccc(Cl)c(F)c4)(C2)C3)c1.Cc1cc(OCC(=O)NC23CC(C(=O)NCc4ccon4)(C2)C3)ccc1Cl.Cc1ccc(CCNC(=O)C23CC(NC(=O)COc4ccc(Cl)c(F)c4)(C2)C3)cc1.Cc1cccc(CNC(=O)C23CC(NC(=O)COc4ccc(Cl)c(F)c4)(C2)C3)c1. The number of amides is 10. The zero-order valence-corrected chi connectivity index (χ0v) is 87.5. The number of benzene rings is 9. The van der Waals surface area contributed by atoms with Gasteiger partial charge in [-0.15, -0.1) is 0 Å². The van der Waals surface area contributed by atoms with E-state index in [0.717, 1.165) is 64.9 Å². The lowest BCUT2D eigenvalue weighted by molar-refractivity contribution is -0.184. The Morgan fingerprint density at radius 2 is 0.667 bits per heavy atom. The number of halogens is 9. The molecule has 15 aliphatic carbocycles. The Balaban J connectivity index is 0.000000134. The van der Waals surface area contributed by atoms with Crippen LogP contribution < -0.4 is 86.3 Å². The van der Waals surface area contributed by atoms with Crippen molar-refractivity contribution in [2.45, 2.75) is 204 Å². The number of hydrogen-bond donors (Lipinski definition) is 10. The van der Waals surface area contributed by atoms with Crippen molar-refractivity contribution in [2.75, 3.05) is 53.8 Å². The number of ether oxygens (including phenoxy) is 7. The van der Waals surface area contributed by atoms with Crippen molar-refractivity contribution in [1.82, 2.24) is 58.3 Å². The third-order valence-electron chi connectivity index (χ3n) is 29.6. The van der Waals surface area contributed by atoms with Crippen molar-refractivity contribution in [3.05, 3.63) is 293 Å². The van der Waals surface area contributed by atoms with Gasteiger partial charge in [0.05, 0.1) is 67.9 Å². The average Bonchev–Trinajstić information content (AvgIpc) is 0.758. The van der Waals surface area contributed by atoms with Crippen LogP contribution in [0.5, 0.6) is 40.2 Å². The Bertz CT molecular complexity index is 6650. The molecular formula is C112H118Cl5F4N11O18. The molecule has 9 aromatic carbocycles. The molecule has 15 fully saturated rings. The van der Waals surface area contributed by atoms with Crippen LogP contribution in [-0.4, -0.2) is 146 Å². The zero-order chi connectivity index (χ0) is 107. The van der Waals surface area contributed by atoms with Crippen molar-refractivity contribution in [2.24, 2.45) is 27.1 Å². The number of aromatic nitrogens is 1. The zero-order valence-electron chi connectivity index (χ0n) is 83.7. The van der Waals surface area contributed by atoms with Gasteiger partial charge in [-0.1, -0.05) is 160 Å². The molecule has 1 heterocycles. The van der Waals surface area contributed by atoms with E-state index >= 15 is 0 Å². The molecule has 0 aliphatic heterocycles. The molecule has 792 valence electrons. The Morgan fingerprint density at radius 3 is 1.01 bits per heavy atom. The number of carbonyl (C=O) groups excluding carboxylic acids is 10. The van der Waals surface area contributed by atoms with Gasteiger partial charge in [0, 0.05) is 94.8 Å². The highest BCUT2D eigenvalue weighted by atomic mass is 35.5. The number of aryl methyl sites for hydroxylation is 4. The van der Waals surface area contributed by atoms with Crippen LogP contribution >= 0.6 is 58.0 Å². The van der Waals surface area contributed by atoms with Crippen LogP contribution in [0.15, 0.2) is 199 Å². The molecule has 0 saturated heterocycles. The van der Waals surface area contributed by atoms with Crippen LogP contribution in [0.3, 0.4) is 0 Å². The van der Waals surface area contributed by atoms with Gasteiger partial charge in [-0.2, -0.15) is 0 Å². The first-order chi connectivity index (χ1) is 71.6.